The molecule has 0 aliphatic carbocycles. The molecule has 0 fully saturated rings. The van der Waals surface area contributed by atoms with Crippen LogP contribution in [-0.2, 0) is 22.6 Å². The zero-order valence-electron chi connectivity index (χ0n) is 9.07. The minimum Gasteiger partial charge on any atom is -0.349 e. The molecule has 0 radical (unpaired) electrons. The first kappa shape index (κ1) is 11.7. The van der Waals surface area contributed by atoms with Crippen LogP contribution in [-0.4, -0.2) is 19.2 Å². The minimum atomic E-state index is -3.00. The summed E-state index contributed by atoms with van der Waals surface area (Å²) in [7, 11) is -1.08. The van der Waals surface area contributed by atoms with Crippen LogP contribution < -0.4 is 0 Å². The summed E-state index contributed by atoms with van der Waals surface area (Å²) in [6.45, 7) is 0. The van der Waals surface area contributed by atoms with Gasteiger partial charge in [0.15, 0.2) is 9.84 Å². The molecule has 0 aliphatic heterocycles. The van der Waals surface area contributed by atoms with Crippen molar-refractivity contribution in [2.24, 2.45) is 7.05 Å². The van der Waals surface area contributed by atoms with Gasteiger partial charge in [0.05, 0.1) is 11.3 Å². The molecule has 0 bridgehead atoms. The van der Waals surface area contributed by atoms with Gasteiger partial charge in [-0.05, 0) is 27.6 Å². The third-order valence-corrected chi connectivity index (χ3v) is 3.93. The average Bonchev–Trinajstić information content (AvgIpc) is 2.42. The van der Waals surface area contributed by atoms with Crippen LogP contribution in [0.5, 0.6) is 0 Å². The Morgan fingerprint density at radius 1 is 1.38 bits per heavy atom. The SMILES string of the molecule is Cn1cc(CS(C)(=O)=O)c2cccc(Br)c21. The van der Waals surface area contributed by atoms with E-state index in [1.165, 1.54) is 6.26 Å². The molecule has 5 heteroatoms. The summed E-state index contributed by atoms with van der Waals surface area (Å²) >= 11 is 3.47. The largest absolute Gasteiger partial charge is 0.349 e. The van der Waals surface area contributed by atoms with E-state index in [0.717, 1.165) is 20.9 Å². The summed E-state index contributed by atoms with van der Waals surface area (Å²) in [4.78, 5) is 0. The van der Waals surface area contributed by atoms with Gasteiger partial charge in [0.1, 0.15) is 0 Å². The molecule has 0 saturated carbocycles. The number of fused-ring (bicyclic) bond motifs is 1. The van der Waals surface area contributed by atoms with Gasteiger partial charge in [-0.2, -0.15) is 0 Å². The molecule has 1 heterocycles. The Hall–Kier alpha value is -0.810. The van der Waals surface area contributed by atoms with Crippen LogP contribution in [0.4, 0.5) is 0 Å². The first-order valence-electron chi connectivity index (χ1n) is 4.78. The van der Waals surface area contributed by atoms with Crippen molar-refractivity contribution >= 4 is 36.7 Å². The topological polar surface area (TPSA) is 39.1 Å². The van der Waals surface area contributed by atoms with E-state index < -0.39 is 9.84 Å². The molecular formula is C11H12BrNO2S. The second kappa shape index (κ2) is 3.89. The lowest BCUT2D eigenvalue weighted by molar-refractivity contribution is 0.601. The quantitative estimate of drug-likeness (QED) is 0.855. The zero-order chi connectivity index (χ0) is 11.9. The van der Waals surface area contributed by atoms with E-state index in [4.69, 9.17) is 0 Å². The van der Waals surface area contributed by atoms with Gasteiger partial charge in [0.25, 0.3) is 0 Å². The van der Waals surface area contributed by atoms with Crippen LogP contribution in [0.1, 0.15) is 5.56 Å². The average molecular weight is 302 g/mol. The van der Waals surface area contributed by atoms with E-state index >= 15 is 0 Å². The van der Waals surface area contributed by atoms with Crippen LogP contribution in [0.25, 0.3) is 10.9 Å². The fraction of sp³-hybridized carbons (Fsp3) is 0.273. The van der Waals surface area contributed by atoms with Crippen molar-refractivity contribution in [3.05, 3.63) is 34.4 Å². The molecule has 0 amide bonds. The second-order valence-electron chi connectivity index (χ2n) is 3.97. The van der Waals surface area contributed by atoms with Crippen LogP contribution in [0.15, 0.2) is 28.9 Å². The zero-order valence-corrected chi connectivity index (χ0v) is 11.5. The third-order valence-electron chi connectivity index (χ3n) is 2.45. The number of benzene rings is 1. The molecule has 0 atom stereocenters. The molecular weight excluding hydrogens is 290 g/mol. The first-order valence-corrected chi connectivity index (χ1v) is 7.64. The van der Waals surface area contributed by atoms with Gasteiger partial charge >= 0.3 is 0 Å². The normalized spacial score (nSPS) is 12.2. The summed E-state index contributed by atoms with van der Waals surface area (Å²) < 4.78 is 25.6. The Kier molecular flexibility index (Phi) is 2.84. The number of hydrogen-bond acceptors (Lipinski definition) is 2. The number of rotatable bonds is 2. The van der Waals surface area contributed by atoms with E-state index in [0.29, 0.717) is 0 Å². The predicted molar refractivity (Wildman–Crippen MR) is 69.2 cm³/mol. The van der Waals surface area contributed by atoms with Gasteiger partial charge in [0.2, 0.25) is 0 Å². The van der Waals surface area contributed by atoms with E-state index in [-0.39, 0.29) is 5.75 Å². The van der Waals surface area contributed by atoms with Gasteiger partial charge < -0.3 is 4.57 Å². The van der Waals surface area contributed by atoms with Crippen LogP contribution in [0, 0.1) is 0 Å². The number of aryl methyl sites for hydroxylation is 1. The molecule has 0 aliphatic rings. The Morgan fingerprint density at radius 3 is 2.69 bits per heavy atom. The monoisotopic (exact) mass is 301 g/mol. The molecule has 2 aromatic rings. The summed E-state index contributed by atoms with van der Waals surface area (Å²) in [6, 6.07) is 5.81. The number of halogens is 1. The maximum atomic E-state index is 11.3. The molecule has 0 unspecified atom stereocenters. The van der Waals surface area contributed by atoms with Crippen molar-refractivity contribution in [1.82, 2.24) is 4.57 Å². The third kappa shape index (κ3) is 2.15. The van der Waals surface area contributed by atoms with Crippen molar-refractivity contribution in [2.75, 3.05) is 6.26 Å². The smallest absolute Gasteiger partial charge is 0.151 e. The second-order valence-corrected chi connectivity index (χ2v) is 6.97. The lowest BCUT2D eigenvalue weighted by atomic mass is 10.2. The molecule has 0 saturated heterocycles. The van der Waals surface area contributed by atoms with Gasteiger partial charge in [-0.25, -0.2) is 8.42 Å². The highest BCUT2D eigenvalue weighted by molar-refractivity contribution is 9.10. The van der Waals surface area contributed by atoms with Crippen LogP contribution in [0.3, 0.4) is 0 Å². The highest BCUT2D eigenvalue weighted by atomic mass is 79.9. The molecule has 86 valence electrons. The van der Waals surface area contributed by atoms with E-state index in [9.17, 15) is 8.42 Å². The van der Waals surface area contributed by atoms with E-state index in [1.807, 2.05) is 36.0 Å². The molecule has 0 spiro atoms. The van der Waals surface area contributed by atoms with Gasteiger partial charge in [-0.1, -0.05) is 12.1 Å². The molecule has 1 aromatic heterocycles. The Labute approximate surface area is 103 Å². The molecule has 16 heavy (non-hydrogen) atoms. The fourth-order valence-corrected chi connectivity index (χ4v) is 3.34. The van der Waals surface area contributed by atoms with Gasteiger partial charge in [0, 0.05) is 29.4 Å². The van der Waals surface area contributed by atoms with Gasteiger partial charge in [-0.15, -0.1) is 0 Å². The predicted octanol–water partition coefficient (Wildman–Crippen LogP) is 2.49. The molecule has 2 rings (SSSR count). The van der Waals surface area contributed by atoms with Crippen LogP contribution >= 0.6 is 15.9 Å². The number of sulfone groups is 1. The number of para-hydroxylation sites is 1. The highest BCUT2D eigenvalue weighted by Gasteiger charge is 2.12. The summed E-state index contributed by atoms with van der Waals surface area (Å²) in [5, 5.41) is 0.988. The number of aromatic nitrogens is 1. The van der Waals surface area contributed by atoms with Crippen molar-refractivity contribution in [2.45, 2.75) is 5.75 Å². The molecule has 3 nitrogen and oxygen atoms in total. The molecule has 0 N–H and O–H groups in total. The Balaban J connectivity index is 2.69. The maximum absolute atomic E-state index is 11.3. The lowest BCUT2D eigenvalue weighted by Gasteiger charge is -1.99. The first-order chi connectivity index (χ1) is 7.38. The Bertz CT molecular complexity index is 643. The number of nitrogens with zero attached hydrogens (tertiary/aromatic N) is 1. The molecule has 1 aromatic carbocycles. The van der Waals surface area contributed by atoms with Crippen molar-refractivity contribution in [3.8, 4) is 0 Å². The fourth-order valence-electron chi connectivity index (χ4n) is 1.90. The summed E-state index contributed by atoms with van der Waals surface area (Å²) in [5.41, 5.74) is 1.88. The van der Waals surface area contributed by atoms with Crippen molar-refractivity contribution in [3.63, 3.8) is 0 Å². The van der Waals surface area contributed by atoms with Gasteiger partial charge in [-0.3, -0.25) is 0 Å². The van der Waals surface area contributed by atoms with E-state index in [1.54, 1.807) is 0 Å². The van der Waals surface area contributed by atoms with Crippen LogP contribution in [0.2, 0.25) is 0 Å². The summed E-state index contributed by atoms with van der Waals surface area (Å²) in [6.07, 6.45) is 3.13. The standard InChI is InChI=1S/C11H12BrNO2S/c1-13-6-8(7-16(2,14)15)9-4-3-5-10(12)11(9)13/h3-6H,7H2,1-2H3. The Morgan fingerprint density at radius 2 is 2.06 bits per heavy atom. The highest BCUT2D eigenvalue weighted by Crippen LogP contribution is 2.28. The lowest BCUT2D eigenvalue weighted by Crippen LogP contribution is -1.99. The minimum absolute atomic E-state index is 0.0841. The van der Waals surface area contributed by atoms with E-state index in [2.05, 4.69) is 15.9 Å². The van der Waals surface area contributed by atoms with Crippen molar-refractivity contribution < 1.29 is 8.42 Å². The maximum Gasteiger partial charge on any atom is 0.151 e. The summed E-state index contributed by atoms with van der Waals surface area (Å²) in [5.74, 6) is 0.0841. The van der Waals surface area contributed by atoms with Crippen molar-refractivity contribution in [1.29, 1.82) is 0 Å². The number of hydrogen-bond donors (Lipinski definition) is 0.